The Kier molecular flexibility index (Phi) is 7.64. The van der Waals surface area contributed by atoms with E-state index in [1.165, 1.54) is 0 Å². The van der Waals surface area contributed by atoms with Gasteiger partial charge in [0.15, 0.2) is 5.96 Å². The summed E-state index contributed by atoms with van der Waals surface area (Å²) in [5.41, 5.74) is 1.05. The van der Waals surface area contributed by atoms with Crippen LogP contribution >= 0.6 is 0 Å². The van der Waals surface area contributed by atoms with Gasteiger partial charge in [-0.15, -0.1) is 0 Å². The minimum Gasteiger partial charge on any atom is -0.379 e. The number of pyridine rings is 1. The first-order chi connectivity index (χ1) is 14.5. The van der Waals surface area contributed by atoms with E-state index < -0.39 is 11.7 Å². The number of nitrogens with zero attached hydrogens (tertiary/aromatic N) is 3. The molecule has 6 nitrogen and oxygen atoms in total. The fourth-order valence-corrected chi connectivity index (χ4v) is 3.33. The fraction of sp³-hybridized carbons (Fsp3) is 0.429. The molecule has 1 fully saturated rings. The minimum absolute atomic E-state index is 0.107. The molecule has 0 saturated carbocycles. The number of hydrogen-bond acceptors (Lipinski definition) is 4. The summed E-state index contributed by atoms with van der Waals surface area (Å²) in [6.45, 7) is 3.64. The van der Waals surface area contributed by atoms with Crippen LogP contribution in [0.5, 0.6) is 0 Å². The standard InChI is InChI=1S/C21H26F3N5O/c1-25-20(27-14-18-4-2-3-9-26-18)28-15-19(29-10-12-30-13-11-29)16-5-7-17(8-6-16)21(22,23)24/h2-9,19H,10-15H2,1H3,(H2,25,27,28). The van der Waals surface area contributed by atoms with Gasteiger partial charge in [-0.05, 0) is 29.8 Å². The number of aliphatic imine (C=N–C) groups is 1. The van der Waals surface area contributed by atoms with Gasteiger partial charge in [0.25, 0.3) is 0 Å². The SMILES string of the molecule is CN=C(NCc1ccccn1)NCC(c1ccc(C(F)(F)F)cc1)N1CCOCC1. The summed E-state index contributed by atoms with van der Waals surface area (Å²) in [6, 6.07) is 11.0. The summed E-state index contributed by atoms with van der Waals surface area (Å²) in [4.78, 5) is 10.7. The van der Waals surface area contributed by atoms with Crippen molar-refractivity contribution in [1.29, 1.82) is 0 Å². The van der Waals surface area contributed by atoms with Gasteiger partial charge < -0.3 is 15.4 Å². The number of guanidine groups is 1. The predicted octanol–water partition coefficient (Wildman–Crippen LogP) is 2.84. The zero-order valence-electron chi connectivity index (χ0n) is 16.8. The molecule has 2 aromatic rings. The third-order valence-corrected chi connectivity index (χ3v) is 4.96. The summed E-state index contributed by atoms with van der Waals surface area (Å²) >= 11 is 0. The van der Waals surface area contributed by atoms with Crippen LogP contribution in [0.1, 0.15) is 22.9 Å². The molecule has 2 heterocycles. The van der Waals surface area contributed by atoms with Gasteiger partial charge in [0.1, 0.15) is 0 Å². The van der Waals surface area contributed by atoms with E-state index in [4.69, 9.17) is 4.74 Å². The second-order valence-corrected chi connectivity index (χ2v) is 6.91. The molecule has 1 aliphatic rings. The van der Waals surface area contributed by atoms with E-state index in [2.05, 4.69) is 25.5 Å². The molecule has 0 aliphatic carbocycles. The maximum Gasteiger partial charge on any atom is 0.416 e. The second kappa shape index (κ2) is 10.4. The number of alkyl halides is 3. The van der Waals surface area contributed by atoms with Gasteiger partial charge in [0.2, 0.25) is 0 Å². The number of aromatic nitrogens is 1. The Morgan fingerprint density at radius 2 is 1.87 bits per heavy atom. The van der Waals surface area contributed by atoms with E-state index in [-0.39, 0.29) is 6.04 Å². The molecule has 1 aromatic carbocycles. The zero-order valence-corrected chi connectivity index (χ0v) is 16.8. The van der Waals surface area contributed by atoms with Gasteiger partial charge in [-0.25, -0.2) is 0 Å². The second-order valence-electron chi connectivity index (χ2n) is 6.91. The van der Waals surface area contributed by atoms with Crippen molar-refractivity contribution in [2.45, 2.75) is 18.8 Å². The molecule has 3 rings (SSSR count). The van der Waals surface area contributed by atoms with Crippen LogP contribution in [0.3, 0.4) is 0 Å². The average molecular weight is 421 g/mol. The number of hydrogen-bond donors (Lipinski definition) is 2. The maximum atomic E-state index is 12.9. The van der Waals surface area contributed by atoms with E-state index in [9.17, 15) is 13.2 Å². The van der Waals surface area contributed by atoms with Crippen molar-refractivity contribution in [3.63, 3.8) is 0 Å². The molecule has 30 heavy (non-hydrogen) atoms. The van der Waals surface area contributed by atoms with E-state index >= 15 is 0 Å². The van der Waals surface area contributed by atoms with E-state index in [1.807, 2.05) is 18.2 Å². The molecular weight excluding hydrogens is 395 g/mol. The van der Waals surface area contributed by atoms with Gasteiger partial charge in [-0.3, -0.25) is 14.9 Å². The third kappa shape index (κ3) is 6.17. The van der Waals surface area contributed by atoms with Crippen molar-refractivity contribution in [3.05, 3.63) is 65.5 Å². The first-order valence-corrected chi connectivity index (χ1v) is 9.81. The first-order valence-electron chi connectivity index (χ1n) is 9.81. The Morgan fingerprint density at radius 1 is 1.13 bits per heavy atom. The van der Waals surface area contributed by atoms with Crippen molar-refractivity contribution in [2.24, 2.45) is 4.99 Å². The van der Waals surface area contributed by atoms with Crippen molar-refractivity contribution >= 4 is 5.96 Å². The molecule has 0 amide bonds. The van der Waals surface area contributed by atoms with Gasteiger partial charge in [0.05, 0.1) is 37.1 Å². The summed E-state index contributed by atoms with van der Waals surface area (Å²) in [7, 11) is 1.68. The molecule has 1 unspecified atom stereocenters. The molecule has 0 bridgehead atoms. The van der Waals surface area contributed by atoms with Crippen LogP contribution in [0, 0.1) is 0 Å². The van der Waals surface area contributed by atoms with E-state index in [0.29, 0.717) is 45.4 Å². The molecule has 0 radical (unpaired) electrons. The van der Waals surface area contributed by atoms with Crippen molar-refractivity contribution in [1.82, 2.24) is 20.5 Å². The van der Waals surface area contributed by atoms with Gasteiger partial charge in [0, 0.05) is 32.9 Å². The highest BCUT2D eigenvalue weighted by Gasteiger charge is 2.31. The Balaban J connectivity index is 1.67. The summed E-state index contributed by atoms with van der Waals surface area (Å²) in [5.74, 6) is 0.603. The summed E-state index contributed by atoms with van der Waals surface area (Å²) in [5, 5.41) is 6.50. The number of halogens is 3. The summed E-state index contributed by atoms with van der Waals surface area (Å²) in [6.07, 6.45) is -2.62. The number of ether oxygens (including phenoxy) is 1. The molecule has 9 heteroatoms. The highest BCUT2D eigenvalue weighted by atomic mass is 19.4. The lowest BCUT2D eigenvalue weighted by molar-refractivity contribution is -0.137. The van der Waals surface area contributed by atoms with Gasteiger partial charge >= 0.3 is 6.18 Å². The minimum atomic E-state index is -4.34. The predicted molar refractivity (Wildman–Crippen MR) is 109 cm³/mol. The summed E-state index contributed by atoms with van der Waals surface area (Å²) < 4.78 is 44.2. The van der Waals surface area contributed by atoms with Crippen LogP contribution in [-0.2, 0) is 17.5 Å². The molecule has 1 aromatic heterocycles. The molecule has 162 valence electrons. The lowest BCUT2D eigenvalue weighted by Gasteiger charge is -2.35. The van der Waals surface area contributed by atoms with Crippen LogP contribution in [0.4, 0.5) is 13.2 Å². The monoisotopic (exact) mass is 421 g/mol. The Hall–Kier alpha value is -2.65. The normalized spacial score (nSPS) is 16.9. The van der Waals surface area contributed by atoms with E-state index in [0.717, 1.165) is 23.4 Å². The maximum absolute atomic E-state index is 12.9. The molecule has 1 aliphatic heterocycles. The molecule has 1 atom stereocenters. The van der Waals surface area contributed by atoms with Crippen LogP contribution in [0.15, 0.2) is 53.7 Å². The lowest BCUT2D eigenvalue weighted by Crippen LogP contribution is -2.46. The van der Waals surface area contributed by atoms with Crippen molar-refractivity contribution in [2.75, 3.05) is 39.9 Å². The quantitative estimate of drug-likeness (QED) is 0.555. The van der Waals surface area contributed by atoms with Gasteiger partial charge in [-0.2, -0.15) is 13.2 Å². The number of benzene rings is 1. The van der Waals surface area contributed by atoms with Crippen LogP contribution in [0.2, 0.25) is 0 Å². The number of nitrogens with one attached hydrogen (secondary N) is 2. The molecule has 1 saturated heterocycles. The van der Waals surface area contributed by atoms with Crippen molar-refractivity contribution < 1.29 is 17.9 Å². The van der Waals surface area contributed by atoms with Crippen LogP contribution < -0.4 is 10.6 Å². The van der Waals surface area contributed by atoms with Crippen molar-refractivity contribution in [3.8, 4) is 0 Å². The lowest BCUT2D eigenvalue weighted by atomic mass is 10.0. The zero-order chi connectivity index (χ0) is 21.4. The topological polar surface area (TPSA) is 61.8 Å². The third-order valence-electron chi connectivity index (χ3n) is 4.96. The van der Waals surface area contributed by atoms with Gasteiger partial charge in [-0.1, -0.05) is 18.2 Å². The molecule has 0 spiro atoms. The first kappa shape index (κ1) is 22.0. The average Bonchev–Trinajstić information content (AvgIpc) is 2.77. The Labute approximate surface area is 174 Å². The van der Waals surface area contributed by atoms with Crippen LogP contribution in [-0.4, -0.2) is 55.7 Å². The number of rotatable bonds is 6. The molecule has 2 N–H and O–H groups in total. The Bertz CT molecular complexity index is 806. The van der Waals surface area contributed by atoms with Crippen LogP contribution in [0.25, 0.3) is 0 Å². The fourth-order valence-electron chi connectivity index (χ4n) is 3.33. The number of morpholine rings is 1. The smallest absolute Gasteiger partial charge is 0.379 e. The largest absolute Gasteiger partial charge is 0.416 e. The highest BCUT2D eigenvalue weighted by molar-refractivity contribution is 5.79. The Morgan fingerprint density at radius 3 is 2.47 bits per heavy atom. The highest BCUT2D eigenvalue weighted by Crippen LogP contribution is 2.31. The molecular formula is C21H26F3N5O. The van der Waals surface area contributed by atoms with E-state index in [1.54, 1.807) is 25.4 Å².